The molecule has 50 heavy (non-hydrogen) atoms. The summed E-state index contributed by atoms with van der Waals surface area (Å²) in [5.41, 5.74) is 3.32. The molecule has 6 aliphatic rings. The predicted octanol–water partition coefficient (Wildman–Crippen LogP) is 6.83. The van der Waals surface area contributed by atoms with E-state index in [9.17, 15) is 39.0 Å². The predicted molar refractivity (Wildman–Crippen MR) is 175 cm³/mol. The van der Waals surface area contributed by atoms with Gasteiger partial charge in [-0.05, 0) is 108 Å². The number of rotatable bonds is 6. The average Bonchev–Trinajstić information content (AvgIpc) is 3.55. The van der Waals surface area contributed by atoms with Crippen LogP contribution in [0.25, 0.3) is 22.3 Å². The number of fused-ring (bicyclic) bond motifs is 2. The van der Waals surface area contributed by atoms with E-state index in [0.29, 0.717) is 23.0 Å². The molecule has 2 N–H and O–H groups in total. The maximum absolute atomic E-state index is 12.6. The van der Waals surface area contributed by atoms with Crippen LogP contribution in [0.15, 0.2) is 72.8 Å². The fourth-order valence-corrected chi connectivity index (χ4v) is 10.2. The average molecular weight is 669 g/mol. The van der Waals surface area contributed by atoms with Crippen LogP contribution in [0, 0.1) is 11.8 Å². The normalized spacial score (nSPS) is 25.7. The molecule has 0 spiro atoms. The number of hydrogen-bond donors (Lipinski definition) is 2. The van der Waals surface area contributed by atoms with Crippen LogP contribution in [0.5, 0.6) is 0 Å². The molecule has 4 aliphatic carbocycles. The Morgan fingerprint density at radius 1 is 0.520 bits per heavy atom. The molecule has 4 aromatic carbocycles. The number of hydrogen-bond acceptors (Lipinski definition) is 8. The number of cyclic esters (lactones) is 4. The van der Waals surface area contributed by atoms with Gasteiger partial charge in [-0.3, -0.25) is 0 Å². The summed E-state index contributed by atoms with van der Waals surface area (Å²) in [6, 6.07) is 20.7. The number of ether oxygens (including phenoxy) is 2. The Hall–Kier alpha value is -5.90. The summed E-state index contributed by atoms with van der Waals surface area (Å²) in [4.78, 5) is 74.2. The first-order valence-electron chi connectivity index (χ1n) is 16.5. The molecule has 4 bridgehead atoms. The van der Waals surface area contributed by atoms with E-state index in [1.54, 1.807) is 0 Å². The van der Waals surface area contributed by atoms with Gasteiger partial charge in [0.1, 0.15) is 0 Å². The van der Waals surface area contributed by atoms with Crippen molar-refractivity contribution < 1.29 is 48.5 Å². The monoisotopic (exact) mass is 668 g/mol. The van der Waals surface area contributed by atoms with Crippen molar-refractivity contribution in [1.82, 2.24) is 0 Å². The van der Waals surface area contributed by atoms with Crippen molar-refractivity contribution >= 4 is 35.8 Å². The van der Waals surface area contributed by atoms with Crippen molar-refractivity contribution in [2.75, 3.05) is 0 Å². The molecule has 0 atom stereocenters. The van der Waals surface area contributed by atoms with Gasteiger partial charge < -0.3 is 19.7 Å². The highest BCUT2D eigenvalue weighted by atomic mass is 16.6. The minimum Gasteiger partial charge on any atom is -0.478 e. The molecule has 10 nitrogen and oxygen atoms in total. The van der Waals surface area contributed by atoms with Crippen LogP contribution in [0.4, 0.5) is 0 Å². The van der Waals surface area contributed by atoms with Crippen molar-refractivity contribution in [2.24, 2.45) is 11.8 Å². The second kappa shape index (κ2) is 10.3. The van der Waals surface area contributed by atoms with Gasteiger partial charge in [0.15, 0.2) is 0 Å². The number of aromatic carboxylic acids is 2. The van der Waals surface area contributed by atoms with Gasteiger partial charge in [0, 0.05) is 11.1 Å². The number of esters is 4. The first-order chi connectivity index (χ1) is 24.0. The maximum atomic E-state index is 12.6. The van der Waals surface area contributed by atoms with Gasteiger partial charge >= 0.3 is 35.8 Å². The molecular weight excluding hydrogens is 640 g/mol. The second-order valence-electron chi connectivity index (χ2n) is 14.5. The van der Waals surface area contributed by atoms with Crippen LogP contribution in [0.3, 0.4) is 0 Å². The molecule has 2 aliphatic heterocycles. The molecule has 2 heterocycles. The summed E-state index contributed by atoms with van der Waals surface area (Å²) in [7, 11) is 0. The van der Waals surface area contributed by atoms with Crippen LogP contribution < -0.4 is 0 Å². The Morgan fingerprint density at radius 3 is 1.26 bits per heavy atom. The molecule has 4 saturated carbocycles. The van der Waals surface area contributed by atoms with Crippen molar-refractivity contribution in [2.45, 2.75) is 49.4 Å². The van der Waals surface area contributed by atoms with Gasteiger partial charge in [-0.25, -0.2) is 28.8 Å². The lowest BCUT2D eigenvalue weighted by Gasteiger charge is -2.63. The van der Waals surface area contributed by atoms with E-state index in [4.69, 9.17) is 9.47 Å². The summed E-state index contributed by atoms with van der Waals surface area (Å²) < 4.78 is 9.63. The fourth-order valence-electron chi connectivity index (χ4n) is 10.2. The second-order valence-corrected chi connectivity index (χ2v) is 14.5. The van der Waals surface area contributed by atoms with Gasteiger partial charge in [-0.2, -0.15) is 0 Å². The van der Waals surface area contributed by atoms with E-state index < -0.39 is 35.8 Å². The zero-order valence-electron chi connectivity index (χ0n) is 26.5. The highest BCUT2D eigenvalue weighted by molar-refractivity contribution is 6.21. The van der Waals surface area contributed by atoms with E-state index in [0.717, 1.165) is 49.7 Å². The lowest BCUT2D eigenvalue weighted by Crippen LogP contribution is -2.55. The Labute approximate surface area is 284 Å². The standard InChI is InChI=1S/C40H28O10/c41-33(42)25-9-11-27-31(37(47)49-35(27)45)29(25)21-1-5-23(6-2-21)39-14-19-13-20(15-39)17-40(16-19,18-39)24-7-3-22(4-8-24)30-26(34(43)44)10-12-28-32(30)38(48)50-36(28)46/h1-12,19-20H,13-18H2,(H,41,42)(H,43,44). The van der Waals surface area contributed by atoms with Crippen LogP contribution in [-0.4, -0.2) is 46.0 Å². The van der Waals surface area contributed by atoms with Crippen LogP contribution in [0.2, 0.25) is 0 Å². The Bertz CT molecular complexity index is 2090. The Kier molecular flexibility index (Phi) is 6.22. The van der Waals surface area contributed by atoms with E-state index in [2.05, 4.69) is 0 Å². The van der Waals surface area contributed by atoms with Crippen molar-refractivity contribution in [3.05, 3.63) is 117 Å². The SMILES string of the molecule is O=C1OC(=O)c2c1ccc(C(=O)O)c2-c1ccc(C23CC4CC(C2)CC(c2ccc(-c5c(C(=O)O)ccc6c5C(=O)OC6=O)cc2)(C4)C3)cc1. The van der Waals surface area contributed by atoms with Crippen LogP contribution >= 0.6 is 0 Å². The highest BCUT2D eigenvalue weighted by Crippen LogP contribution is 2.66. The summed E-state index contributed by atoms with van der Waals surface area (Å²) in [5.74, 6) is -4.71. The minimum atomic E-state index is -1.21. The summed E-state index contributed by atoms with van der Waals surface area (Å²) >= 11 is 0. The first kappa shape index (κ1) is 30.2. The molecule has 0 aromatic heterocycles. The molecule has 0 amide bonds. The largest absolute Gasteiger partial charge is 0.478 e. The van der Waals surface area contributed by atoms with Crippen LogP contribution in [0.1, 0.15) is 112 Å². The van der Waals surface area contributed by atoms with Crippen LogP contribution in [-0.2, 0) is 20.3 Å². The van der Waals surface area contributed by atoms with Gasteiger partial charge in [-0.1, -0.05) is 48.5 Å². The highest BCUT2D eigenvalue weighted by Gasteiger charge is 2.58. The third-order valence-electron chi connectivity index (χ3n) is 11.7. The Balaban J connectivity index is 1.08. The van der Waals surface area contributed by atoms with Gasteiger partial charge in [0.2, 0.25) is 0 Å². The molecule has 0 saturated heterocycles. The van der Waals surface area contributed by atoms with Crippen molar-refractivity contribution in [1.29, 1.82) is 0 Å². The van der Waals surface area contributed by atoms with Crippen molar-refractivity contribution in [3.8, 4) is 22.3 Å². The number of benzene rings is 4. The summed E-state index contributed by atoms with van der Waals surface area (Å²) in [5, 5.41) is 19.9. The lowest BCUT2D eigenvalue weighted by atomic mass is 9.41. The molecule has 0 unspecified atom stereocenters. The van der Waals surface area contributed by atoms with E-state index in [-0.39, 0.29) is 55.3 Å². The zero-order chi connectivity index (χ0) is 34.7. The molecule has 10 heteroatoms. The van der Waals surface area contributed by atoms with E-state index >= 15 is 0 Å². The third-order valence-corrected chi connectivity index (χ3v) is 11.7. The van der Waals surface area contributed by atoms with Crippen molar-refractivity contribution in [3.63, 3.8) is 0 Å². The lowest BCUT2D eigenvalue weighted by molar-refractivity contribution is -0.0281. The molecule has 0 radical (unpaired) electrons. The molecule has 4 aromatic rings. The fraction of sp³-hybridized carbons (Fsp3) is 0.250. The zero-order valence-corrected chi connectivity index (χ0v) is 26.5. The van der Waals surface area contributed by atoms with Gasteiger partial charge in [-0.15, -0.1) is 0 Å². The quantitative estimate of drug-likeness (QED) is 0.165. The smallest absolute Gasteiger partial charge is 0.347 e. The number of carboxylic acids is 2. The third kappa shape index (κ3) is 4.20. The number of carbonyl (C=O) groups excluding carboxylic acids is 4. The molecular formula is C40H28O10. The van der Waals surface area contributed by atoms with E-state index in [1.165, 1.54) is 24.3 Å². The number of carbonyl (C=O) groups is 6. The number of carboxylic acid groups (broad SMARTS) is 2. The molecule has 10 rings (SSSR count). The first-order valence-corrected chi connectivity index (χ1v) is 16.5. The van der Waals surface area contributed by atoms with Gasteiger partial charge in [0.05, 0.1) is 33.4 Å². The summed E-state index contributed by atoms with van der Waals surface area (Å²) in [6.07, 6.45) is 6.16. The Morgan fingerprint density at radius 2 is 0.900 bits per heavy atom. The molecule has 248 valence electrons. The van der Waals surface area contributed by atoms with Gasteiger partial charge in [0.25, 0.3) is 0 Å². The van der Waals surface area contributed by atoms with E-state index in [1.807, 2.05) is 48.5 Å². The maximum Gasteiger partial charge on any atom is 0.347 e. The summed E-state index contributed by atoms with van der Waals surface area (Å²) in [6.45, 7) is 0. The minimum absolute atomic E-state index is 0.0284. The molecule has 4 fully saturated rings. The topological polar surface area (TPSA) is 161 Å².